The number of thiazole rings is 1. The highest BCUT2D eigenvalue weighted by Crippen LogP contribution is 2.26. The molecule has 0 saturated carbocycles. The van der Waals surface area contributed by atoms with Gasteiger partial charge in [0, 0.05) is 42.5 Å². The molecular weight excluding hydrogens is 290 g/mol. The van der Waals surface area contributed by atoms with Gasteiger partial charge < -0.3 is 10.1 Å². The summed E-state index contributed by atoms with van der Waals surface area (Å²) in [5, 5.41) is 10.7. The fraction of sp³-hybridized carbons (Fsp3) is 0.500. The van der Waals surface area contributed by atoms with Gasteiger partial charge in [-0.3, -0.25) is 4.90 Å². The van der Waals surface area contributed by atoms with E-state index < -0.39 is 0 Å². The first-order chi connectivity index (χ1) is 9.85. The smallest absolute Gasteiger partial charge is 0.124 e. The van der Waals surface area contributed by atoms with Crippen molar-refractivity contribution in [1.29, 1.82) is 0 Å². The first-order valence-electron chi connectivity index (χ1n) is 6.80. The summed E-state index contributed by atoms with van der Waals surface area (Å²) in [5.41, 5.74) is 2.41. The maximum atomic E-state index is 5.73. The molecule has 1 unspecified atom stereocenters. The van der Waals surface area contributed by atoms with Crippen LogP contribution >= 0.6 is 22.7 Å². The molecule has 1 fully saturated rings. The molecule has 0 radical (unpaired) electrons. The van der Waals surface area contributed by atoms with Crippen molar-refractivity contribution in [3.8, 4) is 10.6 Å². The zero-order valence-electron chi connectivity index (χ0n) is 11.5. The van der Waals surface area contributed by atoms with Crippen LogP contribution < -0.4 is 5.32 Å². The van der Waals surface area contributed by atoms with Crippen molar-refractivity contribution < 1.29 is 4.74 Å². The first-order valence-corrected chi connectivity index (χ1v) is 8.63. The van der Waals surface area contributed by atoms with Gasteiger partial charge in [-0.1, -0.05) is 0 Å². The largest absolute Gasteiger partial charge is 0.374 e. The fourth-order valence-corrected chi connectivity index (χ4v) is 3.93. The van der Waals surface area contributed by atoms with Gasteiger partial charge in [0.05, 0.1) is 18.4 Å². The zero-order valence-corrected chi connectivity index (χ0v) is 13.2. The van der Waals surface area contributed by atoms with E-state index in [1.54, 1.807) is 22.7 Å². The standard InChI is InChI=1S/C14H19N3OS2/c1-15-6-13-8-17(3-4-18-13)7-12-10-20-14(16-12)11-2-5-19-9-11/h2,5,9-10,13,15H,3-4,6-8H2,1H3. The van der Waals surface area contributed by atoms with Gasteiger partial charge in [-0.25, -0.2) is 4.98 Å². The molecule has 6 heteroatoms. The van der Waals surface area contributed by atoms with Crippen molar-refractivity contribution in [3.05, 3.63) is 27.9 Å². The molecule has 0 bridgehead atoms. The minimum Gasteiger partial charge on any atom is -0.374 e. The second-order valence-electron chi connectivity index (χ2n) is 4.94. The number of morpholine rings is 1. The molecule has 1 aliphatic rings. The second-order valence-corrected chi connectivity index (χ2v) is 6.58. The van der Waals surface area contributed by atoms with E-state index in [4.69, 9.17) is 9.72 Å². The number of hydrogen-bond donors (Lipinski definition) is 1. The average Bonchev–Trinajstić information content (AvgIpc) is 3.10. The van der Waals surface area contributed by atoms with Crippen LogP contribution in [0.15, 0.2) is 22.2 Å². The quantitative estimate of drug-likeness (QED) is 0.919. The maximum absolute atomic E-state index is 5.73. The Morgan fingerprint density at radius 3 is 3.25 bits per heavy atom. The van der Waals surface area contributed by atoms with E-state index in [0.29, 0.717) is 6.10 Å². The Kier molecular flexibility index (Phi) is 4.80. The summed E-state index contributed by atoms with van der Waals surface area (Å²) in [7, 11) is 1.97. The van der Waals surface area contributed by atoms with Gasteiger partial charge in [-0.2, -0.15) is 11.3 Å². The molecule has 0 spiro atoms. The molecule has 0 aromatic carbocycles. The molecule has 3 heterocycles. The molecule has 0 aliphatic carbocycles. The van der Waals surface area contributed by atoms with Crippen LogP contribution in [-0.2, 0) is 11.3 Å². The van der Waals surface area contributed by atoms with Crippen LogP contribution in [-0.4, -0.2) is 49.3 Å². The molecular formula is C14H19N3OS2. The number of nitrogens with zero attached hydrogens (tertiary/aromatic N) is 2. The van der Waals surface area contributed by atoms with Crippen LogP contribution in [0.4, 0.5) is 0 Å². The van der Waals surface area contributed by atoms with Gasteiger partial charge in [-0.15, -0.1) is 11.3 Å². The monoisotopic (exact) mass is 309 g/mol. The summed E-state index contributed by atoms with van der Waals surface area (Å²) >= 11 is 3.45. The lowest BCUT2D eigenvalue weighted by Crippen LogP contribution is -2.45. The van der Waals surface area contributed by atoms with Crippen LogP contribution in [0.5, 0.6) is 0 Å². The Bertz CT molecular complexity index is 524. The topological polar surface area (TPSA) is 37.4 Å². The van der Waals surface area contributed by atoms with Crippen LogP contribution in [0.2, 0.25) is 0 Å². The summed E-state index contributed by atoms with van der Waals surface area (Å²) in [4.78, 5) is 7.17. The highest BCUT2D eigenvalue weighted by Gasteiger charge is 2.20. The van der Waals surface area contributed by atoms with E-state index in [1.807, 2.05) is 7.05 Å². The summed E-state index contributed by atoms with van der Waals surface area (Å²) in [6, 6.07) is 2.13. The molecule has 0 amide bonds. The maximum Gasteiger partial charge on any atom is 0.124 e. The Morgan fingerprint density at radius 2 is 2.45 bits per heavy atom. The molecule has 108 valence electrons. The Morgan fingerprint density at radius 1 is 1.50 bits per heavy atom. The molecule has 3 rings (SSSR count). The van der Waals surface area contributed by atoms with Gasteiger partial charge in [0.1, 0.15) is 5.01 Å². The molecule has 2 aromatic rings. The lowest BCUT2D eigenvalue weighted by atomic mass is 10.2. The molecule has 4 nitrogen and oxygen atoms in total. The van der Waals surface area contributed by atoms with Gasteiger partial charge in [-0.05, 0) is 18.5 Å². The number of nitrogens with one attached hydrogen (secondary N) is 1. The number of ether oxygens (including phenoxy) is 1. The van der Waals surface area contributed by atoms with Crippen LogP contribution in [0.3, 0.4) is 0 Å². The Labute approximate surface area is 127 Å². The zero-order chi connectivity index (χ0) is 13.8. The number of likely N-dealkylation sites (N-methyl/N-ethyl adjacent to an activating group) is 1. The minimum atomic E-state index is 0.295. The van der Waals surface area contributed by atoms with Crippen molar-refractivity contribution in [2.24, 2.45) is 0 Å². The number of rotatable bonds is 5. The van der Waals surface area contributed by atoms with Gasteiger partial charge in [0.15, 0.2) is 0 Å². The van der Waals surface area contributed by atoms with Gasteiger partial charge >= 0.3 is 0 Å². The van der Waals surface area contributed by atoms with Crippen molar-refractivity contribution in [3.63, 3.8) is 0 Å². The summed E-state index contributed by atoms with van der Waals surface area (Å²) in [6.45, 7) is 4.61. The first kappa shape index (κ1) is 14.2. The third kappa shape index (κ3) is 3.45. The van der Waals surface area contributed by atoms with E-state index in [0.717, 1.165) is 37.8 Å². The fourth-order valence-electron chi connectivity index (χ4n) is 2.40. The number of hydrogen-bond acceptors (Lipinski definition) is 6. The van der Waals surface area contributed by atoms with Crippen LogP contribution in [0.1, 0.15) is 5.69 Å². The third-order valence-corrected chi connectivity index (χ3v) is 4.98. The summed E-state index contributed by atoms with van der Waals surface area (Å²) < 4.78 is 5.73. The van der Waals surface area contributed by atoms with Crippen LogP contribution in [0.25, 0.3) is 10.6 Å². The molecule has 1 saturated heterocycles. The molecule has 20 heavy (non-hydrogen) atoms. The molecule has 2 aromatic heterocycles. The minimum absolute atomic E-state index is 0.295. The highest BCUT2D eigenvalue weighted by molar-refractivity contribution is 7.14. The predicted octanol–water partition coefficient (Wildman–Crippen LogP) is 2.29. The van der Waals surface area contributed by atoms with Crippen molar-refractivity contribution in [2.75, 3.05) is 33.3 Å². The van der Waals surface area contributed by atoms with E-state index in [9.17, 15) is 0 Å². The van der Waals surface area contributed by atoms with Crippen molar-refractivity contribution in [2.45, 2.75) is 12.6 Å². The van der Waals surface area contributed by atoms with E-state index in [-0.39, 0.29) is 0 Å². The van der Waals surface area contributed by atoms with Gasteiger partial charge in [0.2, 0.25) is 0 Å². The summed E-state index contributed by atoms with van der Waals surface area (Å²) in [6.07, 6.45) is 0.295. The molecule has 1 aliphatic heterocycles. The Balaban J connectivity index is 1.60. The average molecular weight is 309 g/mol. The lowest BCUT2D eigenvalue weighted by molar-refractivity contribution is -0.0294. The van der Waals surface area contributed by atoms with Crippen LogP contribution in [0, 0.1) is 0 Å². The van der Waals surface area contributed by atoms with E-state index >= 15 is 0 Å². The number of thiophene rings is 1. The predicted molar refractivity (Wildman–Crippen MR) is 84.4 cm³/mol. The molecule has 1 atom stereocenters. The highest BCUT2D eigenvalue weighted by atomic mass is 32.1. The third-order valence-electron chi connectivity index (χ3n) is 3.36. The molecule has 1 N–H and O–H groups in total. The van der Waals surface area contributed by atoms with Gasteiger partial charge in [0.25, 0.3) is 0 Å². The van der Waals surface area contributed by atoms with E-state index in [2.05, 4.69) is 32.4 Å². The number of aromatic nitrogens is 1. The lowest BCUT2D eigenvalue weighted by Gasteiger charge is -2.32. The normalized spacial score (nSPS) is 20.4. The van der Waals surface area contributed by atoms with Crippen molar-refractivity contribution >= 4 is 22.7 Å². The SMILES string of the molecule is CNCC1CN(Cc2csc(-c3ccsc3)n2)CCO1. The second kappa shape index (κ2) is 6.78. The summed E-state index contributed by atoms with van der Waals surface area (Å²) in [5.74, 6) is 0. The van der Waals surface area contributed by atoms with E-state index in [1.165, 1.54) is 11.3 Å². The van der Waals surface area contributed by atoms with Crippen molar-refractivity contribution in [1.82, 2.24) is 15.2 Å². The Hall–Kier alpha value is -0.790.